The molecule has 0 aromatic heterocycles. The third-order valence-electron chi connectivity index (χ3n) is 0.924. The summed E-state index contributed by atoms with van der Waals surface area (Å²) in [6, 6.07) is 0. The summed E-state index contributed by atoms with van der Waals surface area (Å²) in [4.78, 5) is 0. The summed E-state index contributed by atoms with van der Waals surface area (Å²) in [7, 11) is 0. The molecule has 0 saturated heterocycles. The zero-order valence-electron chi connectivity index (χ0n) is 6.83. The van der Waals surface area contributed by atoms with Gasteiger partial charge in [0.2, 0.25) is 0 Å². The van der Waals surface area contributed by atoms with Crippen molar-refractivity contribution in [1.82, 2.24) is 5.43 Å². The lowest BCUT2D eigenvalue weighted by Crippen LogP contribution is -2.00. The molecule has 2 N–H and O–H groups in total. The molecule has 0 saturated carbocycles. The predicted octanol–water partition coefficient (Wildman–Crippen LogP) is 1.69. The number of hydrazone groups is 1. The summed E-state index contributed by atoms with van der Waals surface area (Å²) in [5.74, 6) is 0. The Hall–Kier alpha value is -1.38. The normalized spacial score (nSPS) is 12.7. The van der Waals surface area contributed by atoms with Gasteiger partial charge in [0.25, 0.3) is 0 Å². The lowest BCUT2D eigenvalue weighted by atomic mass is 10.4. The quantitative estimate of drug-likeness (QED) is 0.358. The SMILES string of the molecule is C/C=N\N/C(C)=C/C=C\C=N. The fourth-order valence-electron chi connectivity index (χ4n) is 0.459. The van der Waals surface area contributed by atoms with E-state index in [0.717, 1.165) is 5.70 Å². The minimum atomic E-state index is 0.946. The van der Waals surface area contributed by atoms with E-state index in [2.05, 4.69) is 10.5 Å². The van der Waals surface area contributed by atoms with Gasteiger partial charge in [-0.3, -0.25) is 5.43 Å². The monoisotopic (exact) mass is 151 g/mol. The molecule has 0 bridgehead atoms. The van der Waals surface area contributed by atoms with E-state index in [1.165, 1.54) is 6.21 Å². The van der Waals surface area contributed by atoms with E-state index in [9.17, 15) is 0 Å². The van der Waals surface area contributed by atoms with Gasteiger partial charge in [-0.25, -0.2) is 0 Å². The number of nitrogens with zero attached hydrogens (tertiary/aromatic N) is 1. The van der Waals surface area contributed by atoms with Crippen molar-refractivity contribution in [2.45, 2.75) is 13.8 Å². The van der Waals surface area contributed by atoms with E-state index < -0.39 is 0 Å². The third-order valence-corrected chi connectivity index (χ3v) is 0.924. The van der Waals surface area contributed by atoms with Gasteiger partial charge in [-0.05, 0) is 26.0 Å². The number of nitrogens with one attached hydrogen (secondary N) is 2. The number of allylic oxidation sites excluding steroid dienone is 4. The average Bonchev–Trinajstić information content (AvgIpc) is 2.01. The van der Waals surface area contributed by atoms with Crippen LogP contribution in [-0.4, -0.2) is 12.4 Å². The molecule has 60 valence electrons. The van der Waals surface area contributed by atoms with Gasteiger partial charge in [-0.1, -0.05) is 6.08 Å². The van der Waals surface area contributed by atoms with Crippen LogP contribution in [0.25, 0.3) is 0 Å². The standard InChI is InChI=1S/C8H13N3/c1-3-10-11-8(2)6-4-5-7-9/h3-7,9,11H,1-2H3/b5-4-,8-6+,9-7?,10-3-. The first-order chi connectivity index (χ1) is 5.31. The Bertz CT molecular complexity index is 190. The zero-order valence-corrected chi connectivity index (χ0v) is 6.83. The van der Waals surface area contributed by atoms with E-state index in [1.54, 1.807) is 18.4 Å². The van der Waals surface area contributed by atoms with Crippen LogP contribution < -0.4 is 5.43 Å². The molecule has 0 rings (SSSR count). The number of hydrogen-bond donors (Lipinski definition) is 2. The molecule has 0 unspecified atom stereocenters. The van der Waals surface area contributed by atoms with Crippen molar-refractivity contribution in [1.29, 1.82) is 5.41 Å². The fraction of sp³-hybridized carbons (Fsp3) is 0.250. The Balaban J connectivity index is 3.80. The molecule has 0 amide bonds. The van der Waals surface area contributed by atoms with E-state index in [4.69, 9.17) is 5.41 Å². The number of hydrogen-bond acceptors (Lipinski definition) is 3. The van der Waals surface area contributed by atoms with E-state index in [0.29, 0.717) is 0 Å². The number of rotatable bonds is 4. The summed E-state index contributed by atoms with van der Waals surface area (Å²) >= 11 is 0. The van der Waals surface area contributed by atoms with Crippen LogP contribution in [-0.2, 0) is 0 Å². The molecule has 0 radical (unpaired) electrons. The first kappa shape index (κ1) is 9.62. The molecule has 0 aliphatic heterocycles. The molecule has 0 aromatic carbocycles. The third kappa shape index (κ3) is 6.51. The van der Waals surface area contributed by atoms with Gasteiger partial charge in [0.05, 0.1) is 0 Å². The van der Waals surface area contributed by atoms with Crippen molar-refractivity contribution in [3.05, 3.63) is 23.9 Å². The van der Waals surface area contributed by atoms with Gasteiger partial charge in [-0.2, -0.15) is 5.10 Å². The molecule has 0 heterocycles. The summed E-state index contributed by atoms with van der Waals surface area (Å²) in [6.45, 7) is 3.75. The van der Waals surface area contributed by atoms with Crippen molar-refractivity contribution in [2.24, 2.45) is 5.10 Å². The Morgan fingerprint density at radius 3 is 2.73 bits per heavy atom. The molecule has 3 heteroatoms. The summed E-state index contributed by atoms with van der Waals surface area (Å²) in [6.07, 6.45) is 8.17. The van der Waals surface area contributed by atoms with Crippen LogP contribution in [0.15, 0.2) is 29.0 Å². The first-order valence-electron chi connectivity index (χ1n) is 3.39. The second-order valence-corrected chi connectivity index (χ2v) is 1.90. The molecule has 0 aliphatic carbocycles. The van der Waals surface area contributed by atoms with Crippen LogP contribution in [0, 0.1) is 5.41 Å². The van der Waals surface area contributed by atoms with E-state index in [-0.39, 0.29) is 0 Å². The van der Waals surface area contributed by atoms with Crippen LogP contribution in [0.2, 0.25) is 0 Å². The topological polar surface area (TPSA) is 48.2 Å². The van der Waals surface area contributed by atoms with Crippen molar-refractivity contribution < 1.29 is 0 Å². The van der Waals surface area contributed by atoms with Crippen molar-refractivity contribution >= 4 is 12.4 Å². The molecule has 0 fully saturated rings. The fourth-order valence-corrected chi connectivity index (χ4v) is 0.459. The van der Waals surface area contributed by atoms with Gasteiger partial charge >= 0.3 is 0 Å². The minimum Gasteiger partial charge on any atom is -0.309 e. The van der Waals surface area contributed by atoms with Crippen molar-refractivity contribution in [3.8, 4) is 0 Å². The largest absolute Gasteiger partial charge is 0.309 e. The van der Waals surface area contributed by atoms with Crippen molar-refractivity contribution in [3.63, 3.8) is 0 Å². The van der Waals surface area contributed by atoms with Crippen LogP contribution in [0.5, 0.6) is 0 Å². The van der Waals surface area contributed by atoms with Crippen LogP contribution in [0.4, 0.5) is 0 Å². The minimum absolute atomic E-state index is 0.946. The Morgan fingerprint density at radius 1 is 1.45 bits per heavy atom. The van der Waals surface area contributed by atoms with Gasteiger partial charge in [0.1, 0.15) is 0 Å². The van der Waals surface area contributed by atoms with E-state index >= 15 is 0 Å². The molecule has 11 heavy (non-hydrogen) atoms. The highest BCUT2D eigenvalue weighted by molar-refractivity contribution is 5.68. The highest BCUT2D eigenvalue weighted by atomic mass is 15.3. The molecular formula is C8H13N3. The maximum atomic E-state index is 6.69. The lowest BCUT2D eigenvalue weighted by molar-refractivity contribution is 0.892. The Kier molecular flexibility index (Phi) is 5.89. The maximum absolute atomic E-state index is 6.69. The molecular weight excluding hydrogens is 138 g/mol. The van der Waals surface area contributed by atoms with Gasteiger partial charge < -0.3 is 5.41 Å². The smallest absolute Gasteiger partial charge is 0.0304 e. The maximum Gasteiger partial charge on any atom is 0.0304 e. The van der Waals surface area contributed by atoms with Crippen LogP contribution >= 0.6 is 0 Å². The molecule has 0 atom stereocenters. The second kappa shape index (κ2) is 6.74. The highest BCUT2D eigenvalue weighted by Crippen LogP contribution is 1.85. The summed E-state index contributed by atoms with van der Waals surface area (Å²) < 4.78 is 0. The summed E-state index contributed by atoms with van der Waals surface area (Å²) in [5, 5.41) is 10.5. The highest BCUT2D eigenvalue weighted by Gasteiger charge is 1.77. The van der Waals surface area contributed by atoms with E-state index in [1.807, 2.05) is 19.9 Å². The second-order valence-electron chi connectivity index (χ2n) is 1.90. The average molecular weight is 151 g/mol. The predicted molar refractivity (Wildman–Crippen MR) is 49.0 cm³/mol. The Morgan fingerprint density at radius 2 is 2.18 bits per heavy atom. The van der Waals surface area contributed by atoms with Gasteiger partial charge in [0.15, 0.2) is 0 Å². The first-order valence-corrected chi connectivity index (χ1v) is 3.39. The van der Waals surface area contributed by atoms with Crippen LogP contribution in [0.1, 0.15) is 13.8 Å². The molecule has 0 aliphatic rings. The van der Waals surface area contributed by atoms with Crippen molar-refractivity contribution in [2.75, 3.05) is 0 Å². The molecule has 0 spiro atoms. The Labute approximate surface area is 67.0 Å². The lowest BCUT2D eigenvalue weighted by Gasteiger charge is -1.94. The van der Waals surface area contributed by atoms with Crippen LogP contribution in [0.3, 0.4) is 0 Å². The molecule has 3 nitrogen and oxygen atoms in total. The van der Waals surface area contributed by atoms with Gasteiger partial charge in [-0.15, -0.1) is 0 Å². The summed E-state index contributed by atoms with van der Waals surface area (Å²) in [5.41, 5.74) is 3.74. The zero-order chi connectivity index (χ0) is 8.53. The van der Waals surface area contributed by atoms with Gasteiger partial charge in [0, 0.05) is 18.1 Å². The molecule has 0 aromatic rings.